The van der Waals surface area contributed by atoms with E-state index in [1.807, 2.05) is 19.1 Å². The molecule has 1 aromatic carbocycles. The number of nitrogens with zero attached hydrogens (tertiary/aromatic N) is 2. The van der Waals surface area contributed by atoms with Crippen molar-refractivity contribution >= 4 is 17.1 Å². The number of para-hydroxylation sites is 1. The first kappa shape index (κ1) is 14.6. The molecule has 5 nitrogen and oxygen atoms in total. The molecule has 0 spiro atoms. The molecule has 1 unspecified atom stereocenters. The van der Waals surface area contributed by atoms with Crippen molar-refractivity contribution in [1.82, 2.24) is 0 Å². The molecule has 1 aromatic rings. The average molecular weight is 277 g/mol. The van der Waals surface area contributed by atoms with Crippen LogP contribution in [0.1, 0.15) is 27.2 Å². The molecule has 0 aromatic heterocycles. The molecule has 1 fully saturated rings. The molecule has 1 saturated heterocycles. The summed E-state index contributed by atoms with van der Waals surface area (Å²) in [4.78, 5) is 13.3. The summed E-state index contributed by atoms with van der Waals surface area (Å²) in [5.74, 6) is 1.24. The van der Waals surface area contributed by atoms with Gasteiger partial charge in [-0.15, -0.1) is 0 Å². The van der Waals surface area contributed by atoms with Crippen LogP contribution in [-0.4, -0.2) is 24.6 Å². The van der Waals surface area contributed by atoms with E-state index in [0.717, 1.165) is 25.2 Å². The van der Waals surface area contributed by atoms with Crippen LogP contribution >= 0.6 is 0 Å². The lowest BCUT2D eigenvalue weighted by Gasteiger charge is -2.21. The van der Waals surface area contributed by atoms with E-state index < -0.39 is 0 Å². The van der Waals surface area contributed by atoms with Crippen molar-refractivity contribution in [2.24, 2.45) is 11.8 Å². The number of hydrogen-bond donors (Lipinski definition) is 1. The minimum Gasteiger partial charge on any atom is -0.380 e. The zero-order valence-corrected chi connectivity index (χ0v) is 12.4. The average Bonchev–Trinajstić information content (AvgIpc) is 2.88. The zero-order chi connectivity index (χ0) is 14.7. The Balaban J connectivity index is 2.32. The van der Waals surface area contributed by atoms with Gasteiger partial charge in [-0.3, -0.25) is 10.1 Å². The lowest BCUT2D eigenvalue weighted by Crippen LogP contribution is -2.22. The number of nitro groups is 1. The van der Waals surface area contributed by atoms with Crippen LogP contribution in [0.5, 0.6) is 0 Å². The van der Waals surface area contributed by atoms with E-state index in [0.29, 0.717) is 24.1 Å². The Kier molecular flexibility index (Phi) is 4.47. The van der Waals surface area contributed by atoms with E-state index >= 15 is 0 Å². The number of nitrogens with one attached hydrogen (secondary N) is 1. The summed E-state index contributed by atoms with van der Waals surface area (Å²) in [6, 6.07) is 5.53. The van der Waals surface area contributed by atoms with Gasteiger partial charge in [-0.1, -0.05) is 19.9 Å². The normalized spacial score (nSPS) is 18.6. The molecule has 1 aliphatic heterocycles. The summed E-state index contributed by atoms with van der Waals surface area (Å²) in [5, 5.41) is 14.5. The van der Waals surface area contributed by atoms with Crippen LogP contribution < -0.4 is 10.2 Å². The van der Waals surface area contributed by atoms with Gasteiger partial charge in [0.1, 0.15) is 11.4 Å². The van der Waals surface area contributed by atoms with E-state index in [9.17, 15) is 10.1 Å². The van der Waals surface area contributed by atoms with E-state index in [1.54, 1.807) is 6.07 Å². The van der Waals surface area contributed by atoms with Crippen molar-refractivity contribution in [1.29, 1.82) is 0 Å². The highest BCUT2D eigenvalue weighted by atomic mass is 16.6. The van der Waals surface area contributed by atoms with Crippen LogP contribution in [0.4, 0.5) is 17.1 Å². The van der Waals surface area contributed by atoms with Gasteiger partial charge in [0.2, 0.25) is 0 Å². The second kappa shape index (κ2) is 6.11. The van der Waals surface area contributed by atoms with Gasteiger partial charge in [0, 0.05) is 19.6 Å². The van der Waals surface area contributed by atoms with Crippen LogP contribution in [0.25, 0.3) is 0 Å². The van der Waals surface area contributed by atoms with Gasteiger partial charge in [0.05, 0.1) is 4.92 Å². The first-order chi connectivity index (χ1) is 9.54. The Morgan fingerprint density at radius 3 is 2.80 bits per heavy atom. The molecule has 110 valence electrons. The Hall–Kier alpha value is -1.78. The van der Waals surface area contributed by atoms with E-state index in [1.165, 1.54) is 0 Å². The number of nitro benzene ring substituents is 1. The van der Waals surface area contributed by atoms with E-state index in [4.69, 9.17) is 0 Å². The predicted molar refractivity (Wildman–Crippen MR) is 82.4 cm³/mol. The number of anilines is 2. The Labute approximate surface area is 120 Å². The van der Waals surface area contributed by atoms with Crippen molar-refractivity contribution < 1.29 is 4.92 Å². The maximum absolute atomic E-state index is 11.4. The SMILES string of the molecule is CCNc1cccc(N2CCC(C(C)C)C2)c1[N+](=O)[O-]. The zero-order valence-electron chi connectivity index (χ0n) is 12.4. The summed E-state index contributed by atoms with van der Waals surface area (Å²) in [6.45, 7) is 8.88. The monoisotopic (exact) mass is 277 g/mol. The molecule has 0 radical (unpaired) electrons. The van der Waals surface area contributed by atoms with Gasteiger partial charge >= 0.3 is 5.69 Å². The minimum absolute atomic E-state index is 0.207. The van der Waals surface area contributed by atoms with Gasteiger partial charge in [0.15, 0.2) is 0 Å². The first-order valence-corrected chi connectivity index (χ1v) is 7.30. The fourth-order valence-electron chi connectivity index (χ4n) is 2.86. The van der Waals surface area contributed by atoms with Gasteiger partial charge in [-0.2, -0.15) is 0 Å². The fourth-order valence-corrected chi connectivity index (χ4v) is 2.86. The quantitative estimate of drug-likeness (QED) is 0.661. The number of rotatable bonds is 5. The summed E-state index contributed by atoms with van der Waals surface area (Å²) in [6.07, 6.45) is 1.11. The molecule has 1 heterocycles. The molecule has 0 aliphatic carbocycles. The fraction of sp³-hybridized carbons (Fsp3) is 0.600. The standard InChI is InChI=1S/C15H23N3O2/c1-4-16-13-6-5-7-14(15(13)18(19)20)17-9-8-12(10-17)11(2)3/h5-7,11-12,16H,4,8-10H2,1-3H3. The van der Waals surface area contributed by atoms with Crippen LogP contribution in [0.2, 0.25) is 0 Å². The van der Waals surface area contributed by atoms with Gasteiger partial charge in [-0.25, -0.2) is 0 Å². The van der Waals surface area contributed by atoms with Crippen molar-refractivity contribution in [3.8, 4) is 0 Å². The van der Waals surface area contributed by atoms with Gasteiger partial charge in [-0.05, 0) is 37.3 Å². The largest absolute Gasteiger partial charge is 0.380 e. The van der Waals surface area contributed by atoms with Crippen molar-refractivity contribution in [3.05, 3.63) is 28.3 Å². The second-order valence-corrected chi connectivity index (χ2v) is 5.70. The molecule has 0 bridgehead atoms. The highest BCUT2D eigenvalue weighted by Crippen LogP contribution is 2.38. The third-order valence-corrected chi connectivity index (χ3v) is 4.07. The summed E-state index contributed by atoms with van der Waals surface area (Å²) in [5.41, 5.74) is 1.57. The van der Waals surface area contributed by atoms with Crippen LogP contribution in [0, 0.1) is 22.0 Å². The third kappa shape index (κ3) is 2.86. The maximum atomic E-state index is 11.4. The third-order valence-electron chi connectivity index (χ3n) is 4.07. The molecule has 5 heteroatoms. The Bertz CT molecular complexity index is 488. The van der Waals surface area contributed by atoms with Gasteiger partial charge < -0.3 is 10.2 Å². The molecule has 20 heavy (non-hydrogen) atoms. The number of hydrogen-bond acceptors (Lipinski definition) is 4. The van der Waals surface area contributed by atoms with Gasteiger partial charge in [0.25, 0.3) is 0 Å². The lowest BCUT2D eigenvalue weighted by molar-refractivity contribution is -0.383. The minimum atomic E-state index is -0.268. The second-order valence-electron chi connectivity index (χ2n) is 5.70. The maximum Gasteiger partial charge on any atom is 0.315 e. The summed E-state index contributed by atoms with van der Waals surface area (Å²) < 4.78 is 0. The smallest absolute Gasteiger partial charge is 0.315 e. The van der Waals surface area contributed by atoms with Crippen molar-refractivity contribution in [2.45, 2.75) is 27.2 Å². The molecule has 1 N–H and O–H groups in total. The number of benzene rings is 1. The predicted octanol–water partition coefficient (Wildman–Crippen LogP) is 3.51. The summed E-state index contributed by atoms with van der Waals surface area (Å²) in [7, 11) is 0. The molecular formula is C15H23N3O2. The molecule has 2 rings (SSSR count). The Morgan fingerprint density at radius 1 is 1.50 bits per heavy atom. The van der Waals surface area contributed by atoms with E-state index in [-0.39, 0.29) is 10.6 Å². The molecule has 0 amide bonds. The van der Waals surface area contributed by atoms with Crippen LogP contribution in [-0.2, 0) is 0 Å². The molecule has 0 saturated carbocycles. The Morgan fingerprint density at radius 2 is 2.25 bits per heavy atom. The lowest BCUT2D eigenvalue weighted by atomic mass is 9.95. The van der Waals surface area contributed by atoms with Crippen LogP contribution in [0.15, 0.2) is 18.2 Å². The summed E-state index contributed by atoms with van der Waals surface area (Å²) >= 11 is 0. The highest BCUT2D eigenvalue weighted by molar-refractivity contribution is 5.77. The topological polar surface area (TPSA) is 58.4 Å². The van der Waals surface area contributed by atoms with Crippen molar-refractivity contribution in [3.63, 3.8) is 0 Å². The van der Waals surface area contributed by atoms with Crippen molar-refractivity contribution in [2.75, 3.05) is 29.9 Å². The molecule has 1 atom stereocenters. The molecular weight excluding hydrogens is 254 g/mol. The highest BCUT2D eigenvalue weighted by Gasteiger charge is 2.30. The first-order valence-electron chi connectivity index (χ1n) is 7.30. The van der Waals surface area contributed by atoms with Crippen LogP contribution in [0.3, 0.4) is 0 Å². The molecule has 1 aliphatic rings. The van der Waals surface area contributed by atoms with E-state index in [2.05, 4.69) is 24.1 Å².